The van der Waals surface area contributed by atoms with E-state index in [2.05, 4.69) is 24.0 Å². The van der Waals surface area contributed by atoms with E-state index in [0.717, 1.165) is 18.5 Å². The van der Waals surface area contributed by atoms with Crippen LogP contribution in [0.15, 0.2) is 36.5 Å². The summed E-state index contributed by atoms with van der Waals surface area (Å²) in [5.41, 5.74) is 1.32. The van der Waals surface area contributed by atoms with Gasteiger partial charge < -0.3 is 0 Å². The van der Waals surface area contributed by atoms with Crippen LogP contribution in [0.4, 0.5) is 0 Å². The van der Waals surface area contributed by atoms with Crippen LogP contribution < -0.4 is 0 Å². The van der Waals surface area contributed by atoms with Gasteiger partial charge in [-0.25, -0.2) is 0 Å². The third kappa shape index (κ3) is 3.74. The Bertz CT molecular complexity index is 531. The molecule has 0 aliphatic rings. The van der Waals surface area contributed by atoms with Crippen LogP contribution in [0.2, 0.25) is 0 Å². The zero-order chi connectivity index (χ0) is 13.7. The van der Waals surface area contributed by atoms with Crippen LogP contribution in [0.25, 0.3) is 5.69 Å². The molecule has 1 heterocycles. The van der Waals surface area contributed by atoms with E-state index in [1.54, 1.807) is 6.20 Å². The minimum absolute atomic E-state index is 0.0721. The lowest BCUT2D eigenvalue weighted by Crippen LogP contribution is -2.03. The van der Waals surface area contributed by atoms with E-state index in [9.17, 15) is 4.79 Å². The third-order valence-corrected chi connectivity index (χ3v) is 2.95. The van der Waals surface area contributed by atoms with Crippen LogP contribution in [0.1, 0.15) is 43.6 Å². The summed E-state index contributed by atoms with van der Waals surface area (Å²) in [7, 11) is 0. The zero-order valence-electron chi connectivity index (χ0n) is 11.4. The summed E-state index contributed by atoms with van der Waals surface area (Å²) in [5, 5.41) is 8.37. The second-order valence-electron chi connectivity index (χ2n) is 5.06. The number of aromatic nitrogens is 3. The first-order valence-corrected chi connectivity index (χ1v) is 6.68. The van der Waals surface area contributed by atoms with Crippen LogP contribution in [-0.2, 0) is 0 Å². The second kappa shape index (κ2) is 6.27. The quantitative estimate of drug-likeness (QED) is 0.746. The van der Waals surface area contributed by atoms with Crippen molar-refractivity contribution in [1.82, 2.24) is 15.0 Å². The molecule has 0 saturated heterocycles. The molecular weight excluding hydrogens is 238 g/mol. The third-order valence-electron chi connectivity index (χ3n) is 2.95. The molecule has 0 aliphatic carbocycles. The van der Waals surface area contributed by atoms with E-state index in [4.69, 9.17) is 0 Å². The zero-order valence-corrected chi connectivity index (χ0v) is 11.4. The fourth-order valence-corrected chi connectivity index (χ4v) is 1.88. The van der Waals surface area contributed by atoms with Crippen LogP contribution in [0, 0.1) is 5.92 Å². The van der Waals surface area contributed by atoms with Crippen molar-refractivity contribution in [1.29, 1.82) is 0 Å². The summed E-state index contributed by atoms with van der Waals surface area (Å²) in [4.78, 5) is 13.5. The number of rotatable bonds is 6. The fourth-order valence-electron chi connectivity index (χ4n) is 1.88. The summed E-state index contributed by atoms with van der Waals surface area (Å²) in [5.74, 6) is 0.704. The molecule has 0 atom stereocenters. The Labute approximate surface area is 113 Å². The van der Waals surface area contributed by atoms with Crippen molar-refractivity contribution in [3.8, 4) is 5.69 Å². The monoisotopic (exact) mass is 257 g/mol. The topological polar surface area (TPSA) is 47.8 Å². The van der Waals surface area contributed by atoms with Crippen molar-refractivity contribution in [3.05, 3.63) is 42.2 Å². The van der Waals surface area contributed by atoms with Crippen LogP contribution in [-0.4, -0.2) is 20.8 Å². The number of hydrogen-bond acceptors (Lipinski definition) is 3. The molecule has 2 aromatic rings. The van der Waals surface area contributed by atoms with Crippen molar-refractivity contribution in [2.45, 2.75) is 33.1 Å². The van der Waals surface area contributed by atoms with E-state index in [1.165, 1.54) is 4.80 Å². The molecule has 100 valence electrons. The van der Waals surface area contributed by atoms with Gasteiger partial charge in [0, 0.05) is 6.42 Å². The highest BCUT2D eigenvalue weighted by molar-refractivity contribution is 5.93. The first-order chi connectivity index (χ1) is 9.16. The van der Waals surface area contributed by atoms with Crippen molar-refractivity contribution in [2.24, 2.45) is 5.92 Å². The van der Waals surface area contributed by atoms with Crippen molar-refractivity contribution in [2.75, 3.05) is 0 Å². The Balaban J connectivity index is 1.99. The lowest BCUT2D eigenvalue weighted by molar-refractivity contribution is 0.0973. The van der Waals surface area contributed by atoms with Gasteiger partial charge in [0.2, 0.25) is 0 Å². The number of benzene rings is 1. The lowest BCUT2D eigenvalue weighted by Gasteiger charge is -2.02. The molecule has 0 fully saturated rings. The highest BCUT2D eigenvalue weighted by Gasteiger charge is 2.11. The lowest BCUT2D eigenvalue weighted by atomic mass is 10.0. The van der Waals surface area contributed by atoms with Gasteiger partial charge in [0.1, 0.15) is 5.69 Å². The number of hydrogen-bond donors (Lipinski definition) is 0. The molecule has 0 aliphatic heterocycles. The molecule has 0 amide bonds. The minimum atomic E-state index is 0.0721. The Morgan fingerprint density at radius 1 is 1.26 bits per heavy atom. The van der Waals surface area contributed by atoms with E-state index < -0.39 is 0 Å². The fraction of sp³-hybridized carbons (Fsp3) is 0.400. The number of nitrogens with zero attached hydrogens (tertiary/aromatic N) is 3. The van der Waals surface area contributed by atoms with Gasteiger partial charge in [0.15, 0.2) is 5.78 Å². The Hall–Kier alpha value is -1.97. The molecule has 1 aromatic carbocycles. The van der Waals surface area contributed by atoms with Gasteiger partial charge in [-0.2, -0.15) is 9.90 Å². The van der Waals surface area contributed by atoms with Crippen molar-refractivity contribution < 1.29 is 4.79 Å². The maximum atomic E-state index is 12.0. The van der Waals surface area contributed by atoms with Gasteiger partial charge in [0.25, 0.3) is 0 Å². The largest absolute Gasteiger partial charge is 0.292 e. The van der Waals surface area contributed by atoms with Gasteiger partial charge in [-0.1, -0.05) is 38.5 Å². The summed E-state index contributed by atoms with van der Waals surface area (Å²) >= 11 is 0. The number of ketones is 1. The van der Waals surface area contributed by atoms with Crippen LogP contribution >= 0.6 is 0 Å². The van der Waals surface area contributed by atoms with Gasteiger partial charge in [0.05, 0.1) is 11.9 Å². The molecule has 4 nitrogen and oxygen atoms in total. The molecule has 19 heavy (non-hydrogen) atoms. The highest BCUT2D eigenvalue weighted by atomic mass is 16.1. The average Bonchev–Trinajstić information content (AvgIpc) is 2.89. The Morgan fingerprint density at radius 3 is 2.68 bits per heavy atom. The first-order valence-electron chi connectivity index (χ1n) is 6.68. The molecule has 0 bridgehead atoms. The normalized spacial score (nSPS) is 10.9. The van der Waals surface area contributed by atoms with E-state index in [-0.39, 0.29) is 5.78 Å². The molecule has 1 aromatic heterocycles. The van der Waals surface area contributed by atoms with Crippen molar-refractivity contribution >= 4 is 5.78 Å². The Morgan fingerprint density at radius 2 is 2.00 bits per heavy atom. The molecule has 0 unspecified atom stereocenters. The molecule has 0 radical (unpaired) electrons. The maximum Gasteiger partial charge on any atom is 0.184 e. The maximum absolute atomic E-state index is 12.0. The SMILES string of the molecule is CC(C)CCCC(=O)c1cnn(-c2ccccc2)n1. The van der Waals surface area contributed by atoms with Crippen LogP contribution in [0.3, 0.4) is 0 Å². The van der Waals surface area contributed by atoms with Gasteiger partial charge in [-0.05, 0) is 24.5 Å². The first kappa shape index (κ1) is 13.5. The molecule has 0 N–H and O–H groups in total. The number of para-hydroxylation sites is 1. The summed E-state index contributed by atoms with van der Waals surface area (Å²) in [6.45, 7) is 4.33. The molecule has 0 saturated carbocycles. The summed E-state index contributed by atoms with van der Waals surface area (Å²) in [6, 6.07) is 9.59. The number of Topliss-reactive ketones (excluding diaryl/α,β-unsaturated/α-hetero) is 1. The van der Waals surface area contributed by atoms with Gasteiger partial charge in [-0.3, -0.25) is 4.79 Å². The van der Waals surface area contributed by atoms with Gasteiger partial charge >= 0.3 is 0 Å². The number of carbonyl (C=O) groups is 1. The second-order valence-corrected chi connectivity index (χ2v) is 5.06. The predicted molar refractivity (Wildman–Crippen MR) is 74.4 cm³/mol. The summed E-state index contributed by atoms with van der Waals surface area (Å²) < 4.78 is 0. The standard InChI is InChI=1S/C15H19N3O/c1-12(2)7-6-10-15(19)14-11-16-18(17-14)13-8-4-3-5-9-13/h3-5,8-9,11-12H,6-7,10H2,1-2H3. The smallest absolute Gasteiger partial charge is 0.184 e. The van der Waals surface area contributed by atoms with E-state index in [1.807, 2.05) is 30.3 Å². The summed E-state index contributed by atoms with van der Waals surface area (Å²) in [6.07, 6.45) is 4.07. The Kier molecular flexibility index (Phi) is 4.44. The average molecular weight is 257 g/mol. The highest BCUT2D eigenvalue weighted by Crippen LogP contribution is 2.10. The predicted octanol–water partition coefficient (Wildman–Crippen LogP) is 3.28. The molecule has 4 heteroatoms. The van der Waals surface area contributed by atoms with Crippen LogP contribution in [0.5, 0.6) is 0 Å². The molecule has 2 rings (SSSR count). The number of carbonyl (C=O) groups excluding carboxylic acids is 1. The van der Waals surface area contributed by atoms with Gasteiger partial charge in [-0.15, -0.1) is 5.10 Å². The van der Waals surface area contributed by atoms with Crippen molar-refractivity contribution in [3.63, 3.8) is 0 Å². The molecule has 0 spiro atoms. The molecular formula is C15H19N3O. The van der Waals surface area contributed by atoms with E-state index in [0.29, 0.717) is 18.0 Å². The van der Waals surface area contributed by atoms with E-state index >= 15 is 0 Å². The minimum Gasteiger partial charge on any atom is -0.292 e.